The van der Waals surface area contributed by atoms with Crippen molar-refractivity contribution >= 4 is 21.7 Å². The van der Waals surface area contributed by atoms with Crippen LogP contribution in [0.4, 0.5) is 10.1 Å². The van der Waals surface area contributed by atoms with Crippen molar-refractivity contribution in [2.45, 2.75) is 44.1 Å². The van der Waals surface area contributed by atoms with Gasteiger partial charge in [-0.2, -0.15) is 4.31 Å². The van der Waals surface area contributed by atoms with Crippen LogP contribution in [0, 0.1) is 11.7 Å². The first-order valence-electron chi connectivity index (χ1n) is 7.79. The van der Waals surface area contributed by atoms with Crippen molar-refractivity contribution < 1.29 is 22.3 Å². The fourth-order valence-electron chi connectivity index (χ4n) is 2.53. The lowest BCUT2D eigenvalue weighted by molar-refractivity contribution is -0.161. The number of nitrogen functional groups attached to an aromatic ring is 1. The molecule has 0 aromatic heterocycles. The van der Waals surface area contributed by atoms with Crippen LogP contribution in [-0.2, 0) is 19.6 Å². The van der Waals surface area contributed by atoms with Gasteiger partial charge in [0.15, 0.2) is 0 Å². The number of nitrogens with zero attached hydrogens (tertiary/aromatic N) is 1. The summed E-state index contributed by atoms with van der Waals surface area (Å²) >= 11 is 0. The minimum atomic E-state index is -3.80. The number of piperidine rings is 1. The Morgan fingerprint density at radius 3 is 2.38 bits per heavy atom. The maximum atomic E-state index is 13.5. The number of carbonyl (C=O) groups excluding carboxylic acids is 1. The Labute approximate surface area is 141 Å². The topological polar surface area (TPSA) is 89.7 Å². The lowest BCUT2D eigenvalue weighted by Crippen LogP contribution is -2.41. The van der Waals surface area contributed by atoms with Gasteiger partial charge in [0, 0.05) is 13.1 Å². The van der Waals surface area contributed by atoms with Crippen molar-refractivity contribution in [3.8, 4) is 0 Å². The second kappa shape index (κ2) is 6.68. The van der Waals surface area contributed by atoms with E-state index in [1.807, 2.05) is 0 Å². The summed E-state index contributed by atoms with van der Waals surface area (Å²) in [6.45, 7) is 5.76. The summed E-state index contributed by atoms with van der Waals surface area (Å²) in [5, 5.41) is 0. The molecule has 0 bridgehead atoms. The summed E-state index contributed by atoms with van der Waals surface area (Å²) in [7, 11) is -3.80. The maximum Gasteiger partial charge on any atom is 0.309 e. The number of hydrogen-bond donors (Lipinski definition) is 1. The van der Waals surface area contributed by atoms with Gasteiger partial charge in [-0.25, -0.2) is 12.8 Å². The summed E-state index contributed by atoms with van der Waals surface area (Å²) in [6, 6.07) is 3.44. The quantitative estimate of drug-likeness (QED) is 0.660. The van der Waals surface area contributed by atoms with E-state index in [2.05, 4.69) is 0 Å². The number of benzene rings is 1. The van der Waals surface area contributed by atoms with E-state index < -0.39 is 21.4 Å². The Morgan fingerprint density at radius 1 is 1.29 bits per heavy atom. The van der Waals surface area contributed by atoms with E-state index in [1.165, 1.54) is 16.4 Å². The molecule has 1 aliphatic rings. The molecule has 1 aromatic rings. The third-order valence-electron chi connectivity index (χ3n) is 3.80. The molecule has 8 heteroatoms. The highest BCUT2D eigenvalue weighted by atomic mass is 32.2. The Bertz CT molecular complexity index is 720. The van der Waals surface area contributed by atoms with Crippen molar-refractivity contribution in [1.29, 1.82) is 0 Å². The molecule has 0 radical (unpaired) electrons. The van der Waals surface area contributed by atoms with Crippen molar-refractivity contribution in [1.82, 2.24) is 4.31 Å². The highest BCUT2D eigenvalue weighted by Gasteiger charge is 2.34. The highest BCUT2D eigenvalue weighted by molar-refractivity contribution is 7.89. The van der Waals surface area contributed by atoms with Gasteiger partial charge in [-0.1, -0.05) is 0 Å². The molecule has 0 aliphatic carbocycles. The average Bonchev–Trinajstić information content (AvgIpc) is 2.48. The first-order valence-corrected chi connectivity index (χ1v) is 9.23. The molecule has 0 saturated carbocycles. The SMILES string of the molecule is CC(C)(C)OC(=O)C1CCN(S(=O)(=O)c2ccc(N)c(F)c2)CC1. The Hall–Kier alpha value is -1.67. The Balaban J connectivity index is 2.05. The molecule has 1 fully saturated rings. The number of esters is 1. The lowest BCUT2D eigenvalue weighted by atomic mass is 9.98. The van der Waals surface area contributed by atoms with Gasteiger partial charge in [0.1, 0.15) is 11.4 Å². The van der Waals surface area contributed by atoms with E-state index in [0.29, 0.717) is 12.8 Å². The van der Waals surface area contributed by atoms with Gasteiger partial charge < -0.3 is 10.5 Å². The zero-order chi connectivity index (χ0) is 18.1. The zero-order valence-corrected chi connectivity index (χ0v) is 14.9. The molecule has 1 aromatic carbocycles. The number of rotatable bonds is 3. The van der Waals surface area contributed by atoms with Crippen LogP contribution < -0.4 is 5.73 Å². The number of sulfonamides is 1. The molecule has 0 amide bonds. The standard InChI is InChI=1S/C16H23FN2O4S/c1-16(2,3)23-15(20)11-6-8-19(9-7-11)24(21,22)12-4-5-14(18)13(17)10-12/h4-5,10-11H,6-9,18H2,1-3H3. The molecular weight excluding hydrogens is 335 g/mol. The fourth-order valence-corrected chi connectivity index (χ4v) is 4.02. The van der Waals surface area contributed by atoms with Gasteiger partial charge in [-0.15, -0.1) is 0 Å². The van der Waals surface area contributed by atoms with E-state index in [9.17, 15) is 17.6 Å². The fraction of sp³-hybridized carbons (Fsp3) is 0.562. The van der Waals surface area contributed by atoms with Crippen molar-refractivity contribution in [2.24, 2.45) is 5.92 Å². The van der Waals surface area contributed by atoms with Gasteiger partial charge in [-0.05, 0) is 51.8 Å². The third-order valence-corrected chi connectivity index (χ3v) is 5.70. The molecule has 0 atom stereocenters. The monoisotopic (exact) mass is 358 g/mol. The van der Waals surface area contributed by atoms with Crippen molar-refractivity contribution in [2.75, 3.05) is 18.8 Å². The molecule has 1 aliphatic heterocycles. The number of carbonyl (C=O) groups is 1. The average molecular weight is 358 g/mol. The summed E-state index contributed by atoms with van der Waals surface area (Å²) in [6.07, 6.45) is 0.761. The second-order valence-electron chi connectivity index (χ2n) is 6.90. The predicted octanol–water partition coefficient (Wildman–Crippen LogP) is 2.15. The largest absolute Gasteiger partial charge is 0.460 e. The normalized spacial score (nSPS) is 17.7. The first kappa shape index (κ1) is 18.7. The molecule has 0 unspecified atom stereocenters. The summed E-state index contributed by atoms with van der Waals surface area (Å²) in [5.41, 5.74) is 4.71. The molecule has 1 saturated heterocycles. The van der Waals surface area contributed by atoms with Crippen LogP contribution in [0.5, 0.6) is 0 Å². The van der Waals surface area contributed by atoms with Crippen LogP contribution in [0.25, 0.3) is 0 Å². The Morgan fingerprint density at radius 2 is 1.88 bits per heavy atom. The number of hydrogen-bond acceptors (Lipinski definition) is 5. The van der Waals surface area contributed by atoms with E-state index in [-0.39, 0.29) is 35.6 Å². The minimum Gasteiger partial charge on any atom is -0.460 e. The van der Waals surface area contributed by atoms with E-state index in [0.717, 1.165) is 6.07 Å². The van der Waals surface area contributed by atoms with Crippen molar-refractivity contribution in [3.05, 3.63) is 24.0 Å². The summed E-state index contributed by atoms with van der Waals surface area (Å²) < 4.78 is 45.3. The number of nitrogens with two attached hydrogens (primary N) is 1. The Kier molecular flexibility index (Phi) is 5.19. The molecule has 2 rings (SSSR count). The van der Waals surface area contributed by atoms with Gasteiger partial charge in [0.25, 0.3) is 0 Å². The number of anilines is 1. The minimum absolute atomic E-state index is 0.0995. The zero-order valence-electron chi connectivity index (χ0n) is 14.1. The molecule has 2 N–H and O–H groups in total. The van der Waals surface area contributed by atoms with Gasteiger partial charge in [-0.3, -0.25) is 4.79 Å². The molecule has 1 heterocycles. The van der Waals surface area contributed by atoms with Crippen LogP contribution in [0.15, 0.2) is 23.1 Å². The molecule has 134 valence electrons. The van der Waals surface area contributed by atoms with Gasteiger partial charge in [0.05, 0.1) is 16.5 Å². The molecule has 24 heavy (non-hydrogen) atoms. The van der Waals surface area contributed by atoms with Gasteiger partial charge in [0.2, 0.25) is 10.0 Å². The van der Waals surface area contributed by atoms with E-state index in [1.54, 1.807) is 20.8 Å². The van der Waals surface area contributed by atoms with Crippen LogP contribution in [0.1, 0.15) is 33.6 Å². The third kappa shape index (κ3) is 4.24. The van der Waals surface area contributed by atoms with E-state index in [4.69, 9.17) is 10.5 Å². The number of ether oxygens (including phenoxy) is 1. The van der Waals surface area contributed by atoms with Crippen LogP contribution >= 0.6 is 0 Å². The van der Waals surface area contributed by atoms with Crippen LogP contribution in [0.3, 0.4) is 0 Å². The predicted molar refractivity (Wildman–Crippen MR) is 88.1 cm³/mol. The highest BCUT2D eigenvalue weighted by Crippen LogP contribution is 2.27. The number of halogens is 1. The van der Waals surface area contributed by atoms with Crippen molar-refractivity contribution in [3.63, 3.8) is 0 Å². The van der Waals surface area contributed by atoms with Crippen LogP contribution in [0.2, 0.25) is 0 Å². The molecule has 0 spiro atoms. The summed E-state index contributed by atoms with van der Waals surface area (Å²) in [5.74, 6) is -1.39. The van der Waals surface area contributed by atoms with Crippen LogP contribution in [-0.4, -0.2) is 37.4 Å². The first-order chi connectivity index (χ1) is 11.0. The van der Waals surface area contributed by atoms with Gasteiger partial charge >= 0.3 is 5.97 Å². The molecule has 6 nitrogen and oxygen atoms in total. The second-order valence-corrected chi connectivity index (χ2v) is 8.83. The summed E-state index contributed by atoms with van der Waals surface area (Å²) in [4.78, 5) is 11.9. The maximum absolute atomic E-state index is 13.5. The lowest BCUT2D eigenvalue weighted by Gasteiger charge is -2.31. The smallest absolute Gasteiger partial charge is 0.309 e. The van der Waals surface area contributed by atoms with E-state index >= 15 is 0 Å². The molecular formula is C16H23FN2O4S.